The Bertz CT molecular complexity index is 494. The molecule has 0 bridgehead atoms. The lowest BCUT2D eigenvalue weighted by Crippen LogP contribution is -2.18. The molecule has 0 radical (unpaired) electrons. The third-order valence-corrected chi connectivity index (χ3v) is 2.94. The Morgan fingerprint density at radius 2 is 1.93 bits per heavy atom. The largest absolute Gasteiger partial charge is 0.399 e. The van der Waals surface area contributed by atoms with E-state index >= 15 is 0 Å². The fraction of sp³-hybridized carbons (Fsp3) is 0.222. The van der Waals surface area contributed by atoms with Gasteiger partial charge in [0.05, 0.1) is 4.90 Å². The average molecular weight is 228 g/mol. The number of amides is 1. The molecule has 0 heterocycles. The minimum atomic E-state index is -3.35. The lowest BCUT2D eigenvalue weighted by Gasteiger charge is -2.04. The van der Waals surface area contributed by atoms with Gasteiger partial charge in [-0.25, -0.2) is 8.42 Å². The number of nitrogens with one attached hydrogen (secondary N) is 1. The van der Waals surface area contributed by atoms with Crippen molar-refractivity contribution < 1.29 is 13.2 Å². The number of anilines is 1. The molecule has 1 aromatic rings. The van der Waals surface area contributed by atoms with Gasteiger partial charge in [0, 0.05) is 24.6 Å². The summed E-state index contributed by atoms with van der Waals surface area (Å²) in [7, 11) is -1.89. The maximum Gasteiger partial charge on any atom is 0.251 e. The van der Waals surface area contributed by atoms with Gasteiger partial charge < -0.3 is 11.1 Å². The van der Waals surface area contributed by atoms with Crippen molar-refractivity contribution in [2.75, 3.05) is 19.0 Å². The second-order valence-electron chi connectivity index (χ2n) is 3.14. The van der Waals surface area contributed by atoms with Crippen LogP contribution in [0.4, 0.5) is 5.69 Å². The molecule has 3 N–H and O–H groups in total. The number of carbonyl (C=O) groups excluding carboxylic acids is 1. The molecule has 1 rings (SSSR count). The minimum Gasteiger partial charge on any atom is -0.399 e. The molecule has 0 unspecified atom stereocenters. The Balaban J connectivity index is 3.35. The number of nitrogen functional groups attached to an aromatic ring is 1. The highest BCUT2D eigenvalue weighted by Crippen LogP contribution is 2.16. The summed E-state index contributed by atoms with van der Waals surface area (Å²) in [6.45, 7) is 0. The Morgan fingerprint density at radius 1 is 1.33 bits per heavy atom. The summed E-state index contributed by atoms with van der Waals surface area (Å²) in [4.78, 5) is 11.3. The van der Waals surface area contributed by atoms with Crippen LogP contribution in [0, 0.1) is 0 Å². The van der Waals surface area contributed by atoms with Gasteiger partial charge in [-0.1, -0.05) is 0 Å². The van der Waals surface area contributed by atoms with Crippen molar-refractivity contribution in [3.05, 3.63) is 23.8 Å². The van der Waals surface area contributed by atoms with Crippen LogP contribution in [0.25, 0.3) is 0 Å². The van der Waals surface area contributed by atoms with Crippen LogP contribution >= 0.6 is 0 Å². The zero-order valence-electron chi connectivity index (χ0n) is 8.44. The zero-order valence-corrected chi connectivity index (χ0v) is 9.26. The predicted octanol–water partition coefficient (Wildman–Crippen LogP) is 0.0319. The second kappa shape index (κ2) is 3.90. The van der Waals surface area contributed by atoms with Gasteiger partial charge >= 0.3 is 0 Å². The molecule has 0 aliphatic rings. The van der Waals surface area contributed by atoms with Crippen molar-refractivity contribution in [1.82, 2.24) is 5.32 Å². The van der Waals surface area contributed by atoms with Gasteiger partial charge in [0.1, 0.15) is 0 Å². The van der Waals surface area contributed by atoms with E-state index in [1.807, 2.05) is 0 Å². The summed E-state index contributed by atoms with van der Waals surface area (Å²) >= 11 is 0. The van der Waals surface area contributed by atoms with Crippen LogP contribution in [-0.2, 0) is 9.84 Å². The van der Waals surface area contributed by atoms with Gasteiger partial charge in [0.2, 0.25) is 0 Å². The first-order valence-electron chi connectivity index (χ1n) is 4.17. The predicted molar refractivity (Wildman–Crippen MR) is 57.4 cm³/mol. The van der Waals surface area contributed by atoms with Crippen LogP contribution in [-0.4, -0.2) is 27.6 Å². The first-order chi connectivity index (χ1) is 6.84. The molecule has 1 amide bonds. The monoisotopic (exact) mass is 228 g/mol. The van der Waals surface area contributed by atoms with Gasteiger partial charge in [-0.3, -0.25) is 4.79 Å². The van der Waals surface area contributed by atoms with Gasteiger partial charge in [-0.05, 0) is 18.2 Å². The van der Waals surface area contributed by atoms with Crippen molar-refractivity contribution in [1.29, 1.82) is 0 Å². The molecular formula is C9H12N2O3S. The molecule has 0 fully saturated rings. The maximum atomic E-state index is 11.3. The van der Waals surface area contributed by atoms with Gasteiger partial charge in [-0.2, -0.15) is 0 Å². The van der Waals surface area contributed by atoms with Crippen molar-refractivity contribution in [3.8, 4) is 0 Å². The molecule has 6 heteroatoms. The van der Waals surface area contributed by atoms with E-state index in [-0.39, 0.29) is 22.1 Å². The molecule has 5 nitrogen and oxygen atoms in total. The number of sulfone groups is 1. The third kappa shape index (κ3) is 2.69. The molecule has 0 aliphatic heterocycles. The van der Waals surface area contributed by atoms with Crippen molar-refractivity contribution in [2.24, 2.45) is 0 Å². The molecule has 0 atom stereocenters. The highest BCUT2D eigenvalue weighted by Gasteiger charge is 2.12. The molecule has 0 saturated heterocycles. The second-order valence-corrected chi connectivity index (χ2v) is 5.16. The minimum absolute atomic E-state index is 0.0427. The standard InChI is InChI=1S/C9H12N2O3S/c1-11-9(12)6-3-7(10)5-8(4-6)15(2,13)14/h3-5H,10H2,1-2H3,(H,11,12). The number of carbonyl (C=O) groups is 1. The Morgan fingerprint density at radius 3 is 2.40 bits per heavy atom. The smallest absolute Gasteiger partial charge is 0.251 e. The fourth-order valence-electron chi connectivity index (χ4n) is 1.11. The highest BCUT2D eigenvalue weighted by atomic mass is 32.2. The van der Waals surface area contributed by atoms with Crippen LogP contribution < -0.4 is 11.1 Å². The molecule has 82 valence electrons. The average Bonchev–Trinajstić information content (AvgIpc) is 2.14. The summed E-state index contributed by atoms with van der Waals surface area (Å²) in [6.07, 6.45) is 1.06. The van der Waals surface area contributed by atoms with Crippen LogP contribution in [0.2, 0.25) is 0 Å². The van der Waals surface area contributed by atoms with Crippen LogP contribution in [0.3, 0.4) is 0 Å². The molecule has 0 saturated carbocycles. The SMILES string of the molecule is CNC(=O)c1cc(N)cc(S(C)(=O)=O)c1. The number of hydrogen-bond donors (Lipinski definition) is 2. The lowest BCUT2D eigenvalue weighted by atomic mass is 10.2. The summed E-state index contributed by atoms with van der Waals surface area (Å²) in [5, 5.41) is 2.40. The van der Waals surface area contributed by atoms with Crippen molar-refractivity contribution in [2.45, 2.75) is 4.90 Å². The third-order valence-electron chi connectivity index (χ3n) is 1.85. The summed E-state index contributed by atoms with van der Waals surface area (Å²) in [5.41, 5.74) is 5.99. The van der Waals surface area contributed by atoms with Gasteiger partial charge in [-0.15, -0.1) is 0 Å². The van der Waals surface area contributed by atoms with E-state index in [9.17, 15) is 13.2 Å². The summed E-state index contributed by atoms with van der Waals surface area (Å²) in [6, 6.07) is 4.04. The Kier molecular flexibility index (Phi) is 2.99. The van der Waals surface area contributed by atoms with E-state index in [1.165, 1.54) is 25.2 Å². The lowest BCUT2D eigenvalue weighted by molar-refractivity contribution is 0.0963. The fourth-order valence-corrected chi connectivity index (χ4v) is 1.80. The summed E-state index contributed by atoms with van der Waals surface area (Å²) < 4.78 is 22.5. The zero-order chi connectivity index (χ0) is 11.6. The van der Waals surface area contributed by atoms with Crippen LogP contribution in [0.5, 0.6) is 0 Å². The highest BCUT2D eigenvalue weighted by molar-refractivity contribution is 7.90. The number of hydrogen-bond acceptors (Lipinski definition) is 4. The number of benzene rings is 1. The van der Waals surface area contributed by atoms with E-state index in [2.05, 4.69) is 5.32 Å². The first-order valence-corrected chi connectivity index (χ1v) is 6.06. The molecule has 0 aliphatic carbocycles. The molecule has 0 aromatic heterocycles. The molecule has 1 aromatic carbocycles. The topological polar surface area (TPSA) is 89.3 Å². The van der Waals surface area contributed by atoms with Crippen LogP contribution in [0.15, 0.2) is 23.1 Å². The van der Waals surface area contributed by atoms with Crippen molar-refractivity contribution >= 4 is 21.4 Å². The Hall–Kier alpha value is -1.56. The van der Waals surface area contributed by atoms with E-state index in [1.54, 1.807) is 0 Å². The van der Waals surface area contributed by atoms with E-state index in [0.29, 0.717) is 0 Å². The van der Waals surface area contributed by atoms with Gasteiger partial charge in [0.25, 0.3) is 5.91 Å². The number of rotatable bonds is 2. The maximum absolute atomic E-state index is 11.3. The normalized spacial score (nSPS) is 11.1. The molecule has 15 heavy (non-hydrogen) atoms. The quantitative estimate of drug-likeness (QED) is 0.699. The Labute approximate surface area is 88.2 Å². The molecule has 0 spiro atoms. The first kappa shape index (κ1) is 11.5. The van der Waals surface area contributed by atoms with E-state index < -0.39 is 9.84 Å². The summed E-state index contributed by atoms with van der Waals surface area (Å²) in [5.74, 6) is -0.368. The number of nitrogens with two attached hydrogens (primary N) is 1. The van der Waals surface area contributed by atoms with Gasteiger partial charge in [0.15, 0.2) is 9.84 Å². The van der Waals surface area contributed by atoms with Crippen molar-refractivity contribution in [3.63, 3.8) is 0 Å². The van der Waals surface area contributed by atoms with Crippen LogP contribution in [0.1, 0.15) is 10.4 Å². The molecular weight excluding hydrogens is 216 g/mol. The van der Waals surface area contributed by atoms with E-state index in [4.69, 9.17) is 5.73 Å². The van der Waals surface area contributed by atoms with E-state index in [0.717, 1.165) is 6.26 Å².